The van der Waals surface area contributed by atoms with Crippen molar-refractivity contribution in [2.24, 2.45) is 0 Å². The maximum atomic E-state index is 3.60. The average molecular weight is 180 g/mol. The minimum Gasteiger partial charge on any atom is -0.313 e. The molecule has 0 aromatic carbocycles. The zero-order valence-corrected chi connectivity index (χ0v) is 8.34. The van der Waals surface area contributed by atoms with Crippen molar-refractivity contribution in [3.8, 4) is 0 Å². The Morgan fingerprint density at radius 2 is 2.31 bits per heavy atom. The lowest BCUT2D eigenvalue weighted by molar-refractivity contribution is 0.240. The third-order valence-electron chi connectivity index (χ3n) is 3.03. The molecule has 0 spiro atoms. The van der Waals surface area contributed by atoms with Gasteiger partial charge in [0.15, 0.2) is 0 Å². The highest BCUT2D eigenvalue weighted by Crippen LogP contribution is 2.10. The van der Waals surface area contributed by atoms with Crippen molar-refractivity contribution in [3.05, 3.63) is 12.2 Å². The first-order valence-electron chi connectivity index (χ1n) is 5.56. The molecular formula is C11H20N2. The largest absolute Gasteiger partial charge is 0.313 e. The van der Waals surface area contributed by atoms with Gasteiger partial charge in [0.05, 0.1) is 0 Å². The van der Waals surface area contributed by atoms with Crippen LogP contribution in [0, 0.1) is 0 Å². The summed E-state index contributed by atoms with van der Waals surface area (Å²) in [7, 11) is 0. The van der Waals surface area contributed by atoms with Crippen LogP contribution in [-0.2, 0) is 0 Å². The predicted octanol–water partition coefficient (Wildman–Crippen LogP) is 1.39. The molecule has 0 aliphatic carbocycles. The second-order valence-electron chi connectivity index (χ2n) is 4.17. The Labute approximate surface area is 81.0 Å². The molecule has 2 rings (SSSR count). The van der Waals surface area contributed by atoms with E-state index in [1.165, 1.54) is 45.3 Å². The minimum atomic E-state index is 0.764. The summed E-state index contributed by atoms with van der Waals surface area (Å²) in [6.07, 6.45) is 10.0. The molecule has 13 heavy (non-hydrogen) atoms. The standard InChI is InChI=1S/C11H20N2/c1-4-8-13(9-5-1)10-11-6-2-3-7-12-11/h1,4,11-12H,2-3,5-10H2/t11-/m1/s1. The normalized spacial score (nSPS) is 30.6. The molecule has 1 saturated heterocycles. The summed E-state index contributed by atoms with van der Waals surface area (Å²) in [6.45, 7) is 4.91. The van der Waals surface area contributed by atoms with Crippen LogP contribution in [0.15, 0.2) is 12.2 Å². The molecule has 0 aromatic rings. The van der Waals surface area contributed by atoms with Gasteiger partial charge in [-0.1, -0.05) is 18.6 Å². The van der Waals surface area contributed by atoms with Crippen LogP contribution in [0.4, 0.5) is 0 Å². The lowest BCUT2D eigenvalue weighted by Gasteiger charge is -2.31. The van der Waals surface area contributed by atoms with E-state index >= 15 is 0 Å². The van der Waals surface area contributed by atoms with Crippen molar-refractivity contribution in [3.63, 3.8) is 0 Å². The van der Waals surface area contributed by atoms with E-state index in [0.717, 1.165) is 12.6 Å². The van der Waals surface area contributed by atoms with Gasteiger partial charge in [-0.05, 0) is 25.8 Å². The van der Waals surface area contributed by atoms with Gasteiger partial charge in [0.2, 0.25) is 0 Å². The van der Waals surface area contributed by atoms with Crippen LogP contribution in [0.2, 0.25) is 0 Å². The Balaban J connectivity index is 1.72. The van der Waals surface area contributed by atoms with Crippen LogP contribution in [0.1, 0.15) is 25.7 Å². The number of piperidine rings is 1. The molecule has 0 aromatic heterocycles. The number of rotatable bonds is 2. The molecule has 0 unspecified atom stereocenters. The van der Waals surface area contributed by atoms with Crippen LogP contribution in [0.25, 0.3) is 0 Å². The SMILES string of the molecule is C1=CCN(C[C@H]2CCCCN2)CC1. The fourth-order valence-electron chi connectivity index (χ4n) is 2.25. The lowest BCUT2D eigenvalue weighted by atomic mass is 10.0. The molecule has 2 heterocycles. The zero-order chi connectivity index (χ0) is 8.93. The molecule has 1 fully saturated rings. The molecule has 2 aliphatic rings. The lowest BCUT2D eigenvalue weighted by Crippen LogP contribution is -2.44. The van der Waals surface area contributed by atoms with E-state index in [0.29, 0.717) is 0 Å². The van der Waals surface area contributed by atoms with Gasteiger partial charge in [-0.2, -0.15) is 0 Å². The fourth-order valence-corrected chi connectivity index (χ4v) is 2.25. The molecule has 1 atom stereocenters. The maximum Gasteiger partial charge on any atom is 0.0195 e. The number of nitrogens with one attached hydrogen (secondary N) is 1. The number of hydrogen-bond donors (Lipinski definition) is 1. The summed E-state index contributed by atoms with van der Waals surface area (Å²) in [5, 5.41) is 3.60. The van der Waals surface area contributed by atoms with Crippen LogP contribution in [0.3, 0.4) is 0 Å². The third-order valence-corrected chi connectivity index (χ3v) is 3.03. The number of nitrogens with zero attached hydrogens (tertiary/aromatic N) is 1. The van der Waals surface area contributed by atoms with E-state index in [9.17, 15) is 0 Å². The smallest absolute Gasteiger partial charge is 0.0195 e. The van der Waals surface area contributed by atoms with Gasteiger partial charge < -0.3 is 5.32 Å². The fraction of sp³-hybridized carbons (Fsp3) is 0.818. The van der Waals surface area contributed by atoms with Crippen molar-refractivity contribution in [2.75, 3.05) is 26.2 Å². The molecule has 1 N–H and O–H groups in total. The van der Waals surface area contributed by atoms with Crippen LogP contribution in [0.5, 0.6) is 0 Å². The van der Waals surface area contributed by atoms with Crippen molar-refractivity contribution >= 4 is 0 Å². The van der Waals surface area contributed by atoms with Gasteiger partial charge in [0.1, 0.15) is 0 Å². The van der Waals surface area contributed by atoms with E-state index < -0.39 is 0 Å². The first kappa shape index (κ1) is 9.22. The molecule has 2 nitrogen and oxygen atoms in total. The minimum absolute atomic E-state index is 0.764. The van der Waals surface area contributed by atoms with Gasteiger partial charge in [-0.25, -0.2) is 0 Å². The molecular weight excluding hydrogens is 160 g/mol. The van der Waals surface area contributed by atoms with Crippen LogP contribution < -0.4 is 5.32 Å². The summed E-state index contributed by atoms with van der Waals surface area (Å²) < 4.78 is 0. The van der Waals surface area contributed by atoms with Gasteiger partial charge in [-0.3, -0.25) is 4.90 Å². The monoisotopic (exact) mass is 180 g/mol. The Morgan fingerprint density at radius 1 is 1.31 bits per heavy atom. The highest BCUT2D eigenvalue weighted by Gasteiger charge is 2.16. The Kier molecular flexibility index (Phi) is 3.39. The van der Waals surface area contributed by atoms with E-state index in [4.69, 9.17) is 0 Å². The summed E-state index contributed by atoms with van der Waals surface area (Å²) in [6, 6.07) is 0.764. The summed E-state index contributed by atoms with van der Waals surface area (Å²) >= 11 is 0. The zero-order valence-electron chi connectivity index (χ0n) is 8.34. The van der Waals surface area contributed by atoms with Gasteiger partial charge >= 0.3 is 0 Å². The quantitative estimate of drug-likeness (QED) is 0.646. The second kappa shape index (κ2) is 4.77. The van der Waals surface area contributed by atoms with E-state index in [1.54, 1.807) is 0 Å². The van der Waals surface area contributed by atoms with Crippen LogP contribution >= 0.6 is 0 Å². The molecule has 0 radical (unpaired) electrons. The molecule has 0 amide bonds. The maximum absolute atomic E-state index is 3.60. The Bertz CT molecular complexity index is 171. The van der Waals surface area contributed by atoms with E-state index in [2.05, 4.69) is 22.4 Å². The van der Waals surface area contributed by atoms with Crippen molar-refractivity contribution in [2.45, 2.75) is 31.7 Å². The van der Waals surface area contributed by atoms with Gasteiger partial charge in [-0.15, -0.1) is 0 Å². The first-order chi connectivity index (χ1) is 6.45. The highest BCUT2D eigenvalue weighted by molar-refractivity contribution is 4.92. The second-order valence-corrected chi connectivity index (χ2v) is 4.17. The summed E-state index contributed by atoms with van der Waals surface area (Å²) in [5.74, 6) is 0. The van der Waals surface area contributed by atoms with E-state index in [-0.39, 0.29) is 0 Å². The predicted molar refractivity (Wildman–Crippen MR) is 55.8 cm³/mol. The number of hydrogen-bond acceptors (Lipinski definition) is 2. The van der Waals surface area contributed by atoms with Crippen molar-refractivity contribution in [1.29, 1.82) is 0 Å². The van der Waals surface area contributed by atoms with E-state index in [1.807, 2.05) is 0 Å². The van der Waals surface area contributed by atoms with Crippen molar-refractivity contribution in [1.82, 2.24) is 10.2 Å². The molecule has 2 aliphatic heterocycles. The van der Waals surface area contributed by atoms with Crippen molar-refractivity contribution < 1.29 is 0 Å². The molecule has 0 saturated carbocycles. The van der Waals surface area contributed by atoms with Gasteiger partial charge in [0.25, 0.3) is 0 Å². The van der Waals surface area contributed by atoms with Crippen LogP contribution in [-0.4, -0.2) is 37.1 Å². The highest BCUT2D eigenvalue weighted by atomic mass is 15.1. The topological polar surface area (TPSA) is 15.3 Å². The molecule has 0 bridgehead atoms. The first-order valence-corrected chi connectivity index (χ1v) is 5.56. The summed E-state index contributed by atoms with van der Waals surface area (Å²) in [4.78, 5) is 2.56. The van der Waals surface area contributed by atoms with Gasteiger partial charge in [0, 0.05) is 25.7 Å². The molecule has 2 heteroatoms. The Hall–Kier alpha value is -0.340. The summed E-state index contributed by atoms with van der Waals surface area (Å²) in [5.41, 5.74) is 0. The Morgan fingerprint density at radius 3 is 3.00 bits per heavy atom. The molecule has 74 valence electrons. The third kappa shape index (κ3) is 2.82. The average Bonchev–Trinajstić information content (AvgIpc) is 2.21.